The second-order valence-electron chi connectivity index (χ2n) is 9.16. The Bertz CT molecular complexity index is 880. The van der Waals surface area contributed by atoms with E-state index in [0.717, 1.165) is 44.9 Å². The molecule has 31 heavy (non-hydrogen) atoms. The number of piperidine rings is 1. The Morgan fingerprint density at radius 1 is 1.06 bits per heavy atom. The first-order valence-corrected chi connectivity index (χ1v) is 11.8. The third-order valence-corrected chi connectivity index (χ3v) is 7.52. The van der Waals surface area contributed by atoms with Crippen molar-refractivity contribution in [3.05, 3.63) is 65.2 Å². The molecular weight excluding hydrogens is 384 g/mol. The van der Waals surface area contributed by atoms with Crippen molar-refractivity contribution in [2.75, 3.05) is 33.3 Å². The molecule has 0 aromatic heterocycles. The molecule has 1 atom stereocenters. The molecule has 2 aliphatic rings. The molecule has 1 heterocycles. The number of methoxy groups -OCH3 is 1. The predicted octanol–water partition coefficient (Wildman–Crippen LogP) is 4.97. The highest BCUT2D eigenvalue weighted by molar-refractivity contribution is 5.77. The lowest BCUT2D eigenvalue weighted by molar-refractivity contribution is -0.131. The van der Waals surface area contributed by atoms with Crippen LogP contribution in [0.4, 0.5) is 0 Å². The number of carbonyl (C=O) groups is 1. The molecule has 4 heteroatoms. The Balaban J connectivity index is 1.44. The smallest absolute Gasteiger partial charge is 0.223 e. The van der Waals surface area contributed by atoms with Gasteiger partial charge in [-0.25, -0.2) is 0 Å². The zero-order chi connectivity index (χ0) is 21.8. The van der Waals surface area contributed by atoms with Gasteiger partial charge in [0.2, 0.25) is 5.91 Å². The Labute approximate surface area is 187 Å². The lowest BCUT2D eigenvalue weighted by Gasteiger charge is -2.40. The van der Waals surface area contributed by atoms with Crippen LogP contribution in [0.1, 0.15) is 62.1 Å². The van der Waals surface area contributed by atoms with Gasteiger partial charge in [-0.2, -0.15) is 0 Å². The van der Waals surface area contributed by atoms with Crippen molar-refractivity contribution in [2.24, 2.45) is 0 Å². The molecule has 1 fully saturated rings. The van der Waals surface area contributed by atoms with Crippen molar-refractivity contribution >= 4 is 5.91 Å². The van der Waals surface area contributed by atoms with E-state index in [-0.39, 0.29) is 5.41 Å². The molecule has 1 spiro atoms. The Morgan fingerprint density at radius 3 is 2.39 bits per heavy atom. The van der Waals surface area contributed by atoms with Crippen LogP contribution in [0.15, 0.2) is 48.5 Å². The number of benzene rings is 2. The molecular formula is C27H36N2O2. The summed E-state index contributed by atoms with van der Waals surface area (Å²) in [5, 5.41) is 0. The number of hydrogen-bond donors (Lipinski definition) is 0. The van der Waals surface area contributed by atoms with Gasteiger partial charge in [0, 0.05) is 26.1 Å². The van der Waals surface area contributed by atoms with E-state index in [9.17, 15) is 4.79 Å². The first-order valence-electron chi connectivity index (χ1n) is 11.8. The van der Waals surface area contributed by atoms with E-state index in [0.29, 0.717) is 18.2 Å². The van der Waals surface area contributed by atoms with Crippen LogP contribution in [0.5, 0.6) is 5.75 Å². The summed E-state index contributed by atoms with van der Waals surface area (Å²) in [7, 11) is 1.71. The first-order chi connectivity index (χ1) is 15.1. The summed E-state index contributed by atoms with van der Waals surface area (Å²) >= 11 is 0. The highest BCUT2D eigenvalue weighted by Gasteiger charge is 2.45. The number of rotatable bonds is 7. The Hall–Kier alpha value is -2.33. The van der Waals surface area contributed by atoms with Gasteiger partial charge in [0.05, 0.1) is 7.11 Å². The minimum Gasteiger partial charge on any atom is -0.497 e. The molecule has 0 radical (unpaired) electrons. The quantitative estimate of drug-likeness (QED) is 0.634. The average Bonchev–Trinajstić information content (AvgIpc) is 3.10. The fourth-order valence-electron chi connectivity index (χ4n) is 5.73. The molecule has 166 valence electrons. The summed E-state index contributed by atoms with van der Waals surface area (Å²) in [6, 6.07) is 17.4. The van der Waals surface area contributed by atoms with Gasteiger partial charge in [-0.05, 0) is 86.4 Å². The Kier molecular flexibility index (Phi) is 6.66. The molecule has 0 bridgehead atoms. The van der Waals surface area contributed by atoms with E-state index < -0.39 is 0 Å². The molecule has 2 aromatic rings. The van der Waals surface area contributed by atoms with Gasteiger partial charge < -0.3 is 9.64 Å². The van der Waals surface area contributed by atoms with Gasteiger partial charge >= 0.3 is 0 Å². The topological polar surface area (TPSA) is 32.8 Å². The van der Waals surface area contributed by atoms with Crippen LogP contribution in [0, 0.1) is 0 Å². The second kappa shape index (κ2) is 9.44. The van der Waals surface area contributed by atoms with Crippen molar-refractivity contribution in [1.29, 1.82) is 0 Å². The normalized spacial score (nSPS) is 19.9. The van der Waals surface area contributed by atoms with Crippen LogP contribution >= 0.6 is 0 Å². The van der Waals surface area contributed by atoms with Crippen LogP contribution in [0.3, 0.4) is 0 Å². The predicted molar refractivity (Wildman–Crippen MR) is 126 cm³/mol. The van der Waals surface area contributed by atoms with Crippen molar-refractivity contribution < 1.29 is 9.53 Å². The summed E-state index contributed by atoms with van der Waals surface area (Å²) in [5.74, 6) is 1.57. The van der Waals surface area contributed by atoms with Crippen LogP contribution in [0.2, 0.25) is 0 Å². The van der Waals surface area contributed by atoms with Gasteiger partial charge in [-0.1, -0.05) is 36.4 Å². The van der Waals surface area contributed by atoms with Gasteiger partial charge in [-0.15, -0.1) is 0 Å². The lowest BCUT2D eigenvalue weighted by Crippen LogP contribution is -2.41. The minimum absolute atomic E-state index is 0.237. The van der Waals surface area contributed by atoms with E-state index in [1.165, 1.54) is 29.5 Å². The number of likely N-dealkylation sites (tertiary alicyclic amines) is 1. The van der Waals surface area contributed by atoms with E-state index in [4.69, 9.17) is 4.74 Å². The lowest BCUT2D eigenvalue weighted by atomic mass is 9.73. The summed E-state index contributed by atoms with van der Waals surface area (Å²) < 4.78 is 5.28. The molecule has 0 N–H and O–H groups in total. The Morgan fingerprint density at radius 2 is 1.74 bits per heavy atom. The number of hydrogen-bond acceptors (Lipinski definition) is 3. The largest absolute Gasteiger partial charge is 0.497 e. The summed E-state index contributed by atoms with van der Waals surface area (Å²) in [6.45, 7) is 8.96. The third kappa shape index (κ3) is 4.50. The number of amides is 1. The number of fused-ring (bicyclic) bond motifs is 2. The first kappa shape index (κ1) is 21.9. The van der Waals surface area contributed by atoms with Crippen molar-refractivity contribution in [2.45, 2.75) is 57.4 Å². The fourth-order valence-corrected chi connectivity index (χ4v) is 5.73. The van der Waals surface area contributed by atoms with Crippen molar-refractivity contribution in [1.82, 2.24) is 9.80 Å². The van der Waals surface area contributed by atoms with Gasteiger partial charge in [-0.3, -0.25) is 9.69 Å². The zero-order valence-corrected chi connectivity index (χ0v) is 19.3. The fraction of sp³-hybridized carbons (Fsp3) is 0.519. The van der Waals surface area contributed by atoms with Gasteiger partial charge in [0.15, 0.2) is 0 Å². The SMILES string of the molecule is CCN(CC)C(=O)C[C@H]1CC2(CCN(Cc3ccc(OC)cc3)CC2)c2ccccc21. The molecule has 1 amide bonds. The number of nitrogens with zero attached hydrogens (tertiary/aromatic N) is 2. The van der Waals surface area contributed by atoms with Crippen LogP contribution < -0.4 is 4.74 Å². The average molecular weight is 421 g/mol. The van der Waals surface area contributed by atoms with E-state index in [2.05, 4.69) is 55.1 Å². The molecule has 4 nitrogen and oxygen atoms in total. The van der Waals surface area contributed by atoms with Crippen molar-refractivity contribution in [3.63, 3.8) is 0 Å². The highest BCUT2D eigenvalue weighted by Crippen LogP contribution is 2.52. The molecule has 2 aromatic carbocycles. The standard InChI is InChI=1S/C27H36N2O2/c1-4-29(5-2)26(30)18-22-19-27(25-9-7-6-8-24(22)25)14-16-28(17-15-27)20-21-10-12-23(31-3)13-11-21/h6-13,22H,4-5,14-20H2,1-3H3/t22-/m0/s1. The molecule has 1 saturated heterocycles. The molecule has 1 aliphatic carbocycles. The maximum absolute atomic E-state index is 12.9. The van der Waals surface area contributed by atoms with Crippen LogP contribution in [-0.4, -0.2) is 49.0 Å². The minimum atomic E-state index is 0.237. The third-order valence-electron chi connectivity index (χ3n) is 7.52. The van der Waals surface area contributed by atoms with Gasteiger partial charge in [0.1, 0.15) is 5.75 Å². The van der Waals surface area contributed by atoms with Crippen molar-refractivity contribution in [3.8, 4) is 5.75 Å². The maximum Gasteiger partial charge on any atom is 0.223 e. The highest BCUT2D eigenvalue weighted by atomic mass is 16.5. The second-order valence-corrected chi connectivity index (χ2v) is 9.16. The zero-order valence-electron chi connectivity index (χ0n) is 19.3. The number of carbonyl (C=O) groups excluding carboxylic acids is 1. The van der Waals surface area contributed by atoms with Crippen LogP contribution in [0.25, 0.3) is 0 Å². The van der Waals surface area contributed by atoms with Crippen LogP contribution in [-0.2, 0) is 16.8 Å². The summed E-state index contributed by atoms with van der Waals surface area (Å²) in [6.07, 6.45) is 4.12. The maximum atomic E-state index is 12.9. The summed E-state index contributed by atoms with van der Waals surface area (Å²) in [4.78, 5) is 17.4. The van der Waals surface area contributed by atoms with E-state index >= 15 is 0 Å². The molecule has 4 rings (SSSR count). The monoisotopic (exact) mass is 420 g/mol. The molecule has 0 unspecified atom stereocenters. The van der Waals surface area contributed by atoms with E-state index in [1.807, 2.05) is 17.0 Å². The summed E-state index contributed by atoms with van der Waals surface area (Å²) in [5.41, 5.74) is 4.51. The van der Waals surface area contributed by atoms with Gasteiger partial charge in [0.25, 0.3) is 0 Å². The molecule has 0 saturated carbocycles. The van der Waals surface area contributed by atoms with E-state index in [1.54, 1.807) is 7.11 Å². The molecule has 1 aliphatic heterocycles. The number of ether oxygens (including phenoxy) is 1.